The Kier molecular flexibility index (Phi) is 13.9. The Morgan fingerprint density at radius 1 is 0.571 bits per heavy atom. The molecule has 2 unspecified atom stereocenters. The van der Waals surface area contributed by atoms with E-state index in [-0.39, 0.29) is 0 Å². The third kappa shape index (κ3) is 9.88. The van der Waals surface area contributed by atoms with Crippen LogP contribution in [0.5, 0.6) is 0 Å². The van der Waals surface area contributed by atoms with Gasteiger partial charge in [-0.2, -0.15) is 0 Å². The van der Waals surface area contributed by atoms with Gasteiger partial charge in [0.25, 0.3) is 0 Å². The minimum absolute atomic E-state index is 0.565. The Hall–Kier alpha value is -2.00. The van der Waals surface area contributed by atoms with Crippen molar-refractivity contribution in [2.45, 2.75) is 89.9 Å². The van der Waals surface area contributed by atoms with Gasteiger partial charge in [0.15, 0.2) is 0 Å². The topological polar surface area (TPSA) is 15.7 Å². The molecule has 3 nitrogen and oxygen atoms in total. The summed E-state index contributed by atoms with van der Waals surface area (Å²) in [5, 5.41) is 0. The van der Waals surface area contributed by atoms with E-state index in [2.05, 4.69) is 100 Å². The van der Waals surface area contributed by atoms with Crippen molar-refractivity contribution in [3.63, 3.8) is 0 Å². The van der Waals surface area contributed by atoms with E-state index in [1.165, 1.54) is 73.9 Å². The first-order chi connectivity index (χ1) is 17.0. The van der Waals surface area contributed by atoms with Crippen LogP contribution in [-0.4, -0.2) is 41.4 Å². The highest BCUT2D eigenvalue weighted by molar-refractivity contribution is 5.54. The van der Waals surface area contributed by atoms with Crippen molar-refractivity contribution < 1.29 is 4.74 Å². The van der Waals surface area contributed by atoms with E-state index < -0.39 is 0 Å². The van der Waals surface area contributed by atoms with Gasteiger partial charge in [0.05, 0.1) is 0 Å². The van der Waals surface area contributed by atoms with Gasteiger partial charge in [0.2, 0.25) is 0 Å². The summed E-state index contributed by atoms with van der Waals surface area (Å²) in [6, 6.07) is 17.9. The lowest BCUT2D eigenvalue weighted by atomic mass is 9.88. The lowest BCUT2D eigenvalue weighted by Crippen LogP contribution is -2.15. The zero-order valence-electron chi connectivity index (χ0n) is 23.6. The maximum Gasteiger partial charge on any atom is 0.0471 e. The van der Waals surface area contributed by atoms with Gasteiger partial charge in [-0.1, -0.05) is 88.8 Å². The fourth-order valence-corrected chi connectivity index (χ4v) is 5.23. The molecule has 2 atom stereocenters. The molecule has 0 heterocycles. The van der Waals surface area contributed by atoms with Crippen LogP contribution in [0, 0.1) is 0 Å². The average Bonchev–Trinajstić information content (AvgIpc) is 2.86. The highest BCUT2D eigenvalue weighted by Gasteiger charge is 2.18. The molecule has 196 valence electrons. The number of rotatable bonds is 18. The number of anilines is 2. The zero-order valence-corrected chi connectivity index (χ0v) is 23.6. The van der Waals surface area contributed by atoms with Crippen LogP contribution in [0.2, 0.25) is 0 Å². The normalized spacial score (nSPS) is 13.0. The molecule has 0 aliphatic rings. The van der Waals surface area contributed by atoms with Crippen molar-refractivity contribution in [3.05, 3.63) is 59.7 Å². The van der Waals surface area contributed by atoms with Gasteiger partial charge in [0.1, 0.15) is 0 Å². The summed E-state index contributed by atoms with van der Waals surface area (Å²) in [4.78, 5) is 4.51. The fourth-order valence-electron chi connectivity index (χ4n) is 5.23. The summed E-state index contributed by atoms with van der Waals surface area (Å²) in [6.07, 6.45) is 12.5. The van der Waals surface area contributed by atoms with Gasteiger partial charge in [-0.3, -0.25) is 0 Å². The van der Waals surface area contributed by atoms with Crippen LogP contribution in [0.3, 0.4) is 0 Å². The van der Waals surface area contributed by atoms with Gasteiger partial charge in [0, 0.05) is 52.8 Å². The Labute approximate surface area is 216 Å². The number of para-hydroxylation sites is 2. The summed E-state index contributed by atoms with van der Waals surface area (Å²) in [5.41, 5.74) is 5.67. The fraction of sp³-hybridized carbons (Fsp3) is 0.625. The number of benzene rings is 2. The summed E-state index contributed by atoms with van der Waals surface area (Å²) >= 11 is 0. The molecule has 0 saturated carbocycles. The highest BCUT2D eigenvalue weighted by Crippen LogP contribution is 2.34. The summed E-state index contributed by atoms with van der Waals surface area (Å²) in [5.74, 6) is 1.13. The van der Waals surface area contributed by atoms with Crippen molar-refractivity contribution in [1.82, 2.24) is 0 Å². The maximum atomic E-state index is 6.32. The molecule has 0 fully saturated rings. The van der Waals surface area contributed by atoms with E-state index in [0.29, 0.717) is 11.8 Å². The second-order valence-electron chi connectivity index (χ2n) is 10.5. The monoisotopic (exact) mass is 480 g/mol. The second kappa shape index (κ2) is 16.6. The lowest BCUT2D eigenvalue weighted by molar-refractivity contribution is 0.118. The molecule has 2 aromatic rings. The molecule has 0 N–H and O–H groups in total. The van der Waals surface area contributed by atoms with Gasteiger partial charge in [-0.15, -0.1) is 0 Å². The van der Waals surface area contributed by atoms with Crippen LogP contribution >= 0.6 is 0 Å². The molecule has 0 saturated heterocycles. The zero-order chi connectivity index (χ0) is 25.5. The Morgan fingerprint density at radius 3 is 1.34 bits per heavy atom. The standard InChI is InChI=1S/C32H52N2O/c1-7-9-11-17-27(29-19-13-15-21-31(29)33(3)4)23-25-35-26-24-28(18-12-10-8-2)30-20-14-16-22-32(30)34(5)6/h13-16,19-22,27-28H,7-12,17-18,23-26H2,1-6H3. The van der Waals surface area contributed by atoms with E-state index in [9.17, 15) is 0 Å². The molecule has 2 aromatic carbocycles. The number of unbranched alkanes of at least 4 members (excludes halogenated alkanes) is 4. The molecule has 35 heavy (non-hydrogen) atoms. The SMILES string of the molecule is CCCCCC(CCOCCC(CCCCC)c1ccccc1N(C)C)c1ccccc1N(C)C. The third-order valence-corrected chi connectivity index (χ3v) is 7.25. The molecule has 0 aliphatic carbocycles. The number of hydrogen-bond acceptors (Lipinski definition) is 3. The summed E-state index contributed by atoms with van der Waals surface area (Å²) in [6.45, 7) is 6.26. The second-order valence-corrected chi connectivity index (χ2v) is 10.5. The maximum absolute atomic E-state index is 6.32. The highest BCUT2D eigenvalue weighted by atomic mass is 16.5. The van der Waals surface area contributed by atoms with Crippen LogP contribution in [0.4, 0.5) is 11.4 Å². The van der Waals surface area contributed by atoms with Crippen LogP contribution in [0.25, 0.3) is 0 Å². The minimum Gasteiger partial charge on any atom is -0.381 e. The molecular weight excluding hydrogens is 428 g/mol. The summed E-state index contributed by atoms with van der Waals surface area (Å²) < 4.78 is 6.32. The van der Waals surface area contributed by atoms with E-state index in [1.54, 1.807) is 0 Å². The molecule has 0 bridgehead atoms. The predicted octanol–water partition coefficient (Wildman–Crippen LogP) is 8.64. The van der Waals surface area contributed by atoms with Crippen LogP contribution in [0.1, 0.15) is 101 Å². The number of ether oxygens (including phenoxy) is 1. The van der Waals surface area contributed by atoms with Crippen molar-refractivity contribution in [2.24, 2.45) is 0 Å². The number of hydrogen-bond donors (Lipinski definition) is 0. The van der Waals surface area contributed by atoms with Crippen molar-refractivity contribution >= 4 is 11.4 Å². The van der Waals surface area contributed by atoms with Gasteiger partial charge < -0.3 is 14.5 Å². The first-order valence-electron chi connectivity index (χ1n) is 14.1. The predicted molar refractivity (Wildman–Crippen MR) is 155 cm³/mol. The lowest BCUT2D eigenvalue weighted by Gasteiger charge is -2.25. The molecule has 0 aromatic heterocycles. The van der Waals surface area contributed by atoms with E-state index in [1.807, 2.05) is 0 Å². The third-order valence-electron chi connectivity index (χ3n) is 7.25. The van der Waals surface area contributed by atoms with E-state index >= 15 is 0 Å². The Balaban J connectivity index is 1.99. The van der Waals surface area contributed by atoms with Crippen LogP contribution < -0.4 is 9.80 Å². The first kappa shape index (κ1) is 29.2. The molecule has 3 heteroatoms. The quantitative estimate of drug-likeness (QED) is 0.199. The van der Waals surface area contributed by atoms with Crippen molar-refractivity contribution in [2.75, 3.05) is 51.2 Å². The molecule has 0 aliphatic heterocycles. The van der Waals surface area contributed by atoms with Gasteiger partial charge in [-0.25, -0.2) is 0 Å². The van der Waals surface area contributed by atoms with Gasteiger partial charge >= 0.3 is 0 Å². The Morgan fingerprint density at radius 2 is 0.971 bits per heavy atom. The van der Waals surface area contributed by atoms with Crippen molar-refractivity contribution in [1.29, 1.82) is 0 Å². The van der Waals surface area contributed by atoms with Gasteiger partial charge in [-0.05, 0) is 60.8 Å². The van der Waals surface area contributed by atoms with E-state index in [4.69, 9.17) is 4.74 Å². The largest absolute Gasteiger partial charge is 0.381 e. The van der Waals surface area contributed by atoms with E-state index in [0.717, 1.165) is 26.1 Å². The smallest absolute Gasteiger partial charge is 0.0471 e. The first-order valence-corrected chi connectivity index (χ1v) is 14.1. The Bertz CT molecular complexity index is 749. The molecule has 0 amide bonds. The summed E-state index contributed by atoms with van der Waals surface area (Å²) in [7, 11) is 8.62. The minimum atomic E-state index is 0.565. The molecule has 2 rings (SSSR count). The van der Waals surface area contributed by atoms with Crippen LogP contribution in [0.15, 0.2) is 48.5 Å². The average molecular weight is 481 g/mol. The molecular formula is C32H52N2O. The van der Waals surface area contributed by atoms with Crippen LogP contribution in [-0.2, 0) is 4.74 Å². The molecule has 0 radical (unpaired) electrons. The molecule has 0 spiro atoms. The van der Waals surface area contributed by atoms with Crippen molar-refractivity contribution in [3.8, 4) is 0 Å². The number of nitrogens with zero attached hydrogens (tertiary/aromatic N) is 2.